The second-order valence-corrected chi connectivity index (χ2v) is 3.45. The van der Waals surface area contributed by atoms with Gasteiger partial charge in [-0.2, -0.15) is 0 Å². The molecule has 0 N–H and O–H groups in total. The first-order chi connectivity index (χ1) is 6.86. The molecule has 14 heavy (non-hydrogen) atoms. The largest absolute Gasteiger partial charge is 0.494 e. The molecule has 0 atom stereocenters. The average molecular weight is 191 g/mol. The molecule has 0 aliphatic carbocycles. The van der Waals surface area contributed by atoms with Crippen molar-refractivity contribution in [2.75, 3.05) is 6.61 Å². The second kappa shape index (κ2) is 6.47. The molecule has 0 aromatic heterocycles. The minimum atomic E-state index is 0.804. The maximum atomic E-state index is 5.50. The van der Waals surface area contributed by atoms with Gasteiger partial charge < -0.3 is 4.74 Å². The minimum Gasteiger partial charge on any atom is -0.494 e. The molecule has 0 bridgehead atoms. The molecule has 0 saturated heterocycles. The van der Waals surface area contributed by atoms with Gasteiger partial charge >= 0.3 is 0 Å². The molecule has 77 valence electrons. The van der Waals surface area contributed by atoms with E-state index < -0.39 is 0 Å². The smallest absolute Gasteiger partial charge is 0.119 e. The van der Waals surface area contributed by atoms with E-state index in [1.807, 2.05) is 12.1 Å². The zero-order valence-electron chi connectivity index (χ0n) is 8.96. The zero-order valence-corrected chi connectivity index (χ0v) is 8.96. The summed E-state index contributed by atoms with van der Waals surface area (Å²) < 4.78 is 5.50. The second-order valence-electron chi connectivity index (χ2n) is 3.45. The monoisotopic (exact) mass is 191 g/mol. The standard InChI is InChI=1S/C13H19O/c1-3-5-6-12-7-9-13(10-8-12)14-11-4-2/h7-10H,1,3-6,11H2,2H3. The van der Waals surface area contributed by atoms with E-state index in [0.29, 0.717) is 0 Å². The molecule has 0 saturated carbocycles. The lowest BCUT2D eigenvalue weighted by atomic mass is 10.1. The Balaban J connectivity index is 2.42. The van der Waals surface area contributed by atoms with Gasteiger partial charge in [-0.15, -0.1) is 0 Å². The van der Waals surface area contributed by atoms with Crippen molar-refractivity contribution in [1.29, 1.82) is 0 Å². The van der Waals surface area contributed by atoms with Crippen LogP contribution in [0, 0.1) is 6.92 Å². The number of ether oxygens (including phenoxy) is 1. The van der Waals surface area contributed by atoms with Gasteiger partial charge in [-0.25, -0.2) is 0 Å². The van der Waals surface area contributed by atoms with Crippen molar-refractivity contribution in [3.05, 3.63) is 36.8 Å². The Labute approximate surface area is 87.1 Å². The Kier molecular flexibility index (Phi) is 5.13. The maximum Gasteiger partial charge on any atom is 0.119 e. The van der Waals surface area contributed by atoms with E-state index in [2.05, 4.69) is 26.0 Å². The highest BCUT2D eigenvalue weighted by Gasteiger charge is 1.94. The van der Waals surface area contributed by atoms with Crippen LogP contribution >= 0.6 is 0 Å². The summed E-state index contributed by atoms with van der Waals surface area (Å²) in [6.45, 7) is 6.75. The third kappa shape index (κ3) is 3.82. The minimum absolute atomic E-state index is 0.804. The molecule has 0 amide bonds. The van der Waals surface area contributed by atoms with E-state index >= 15 is 0 Å². The van der Waals surface area contributed by atoms with E-state index in [1.165, 1.54) is 5.56 Å². The van der Waals surface area contributed by atoms with Crippen molar-refractivity contribution in [3.63, 3.8) is 0 Å². The van der Waals surface area contributed by atoms with Crippen molar-refractivity contribution < 1.29 is 4.74 Å². The van der Waals surface area contributed by atoms with Crippen LogP contribution in [0.5, 0.6) is 5.75 Å². The van der Waals surface area contributed by atoms with Gasteiger partial charge in [0.05, 0.1) is 6.61 Å². The van der Waals surface area contributed by atoms with Gasteiger partial charge in [-0.05, 0) is 37.0 Å². The lowest BCUT2D eigenvalue weighted by molar-refractivity contribution is 0.317. The van der Waals surface area contributed by atoms with Gasteiger partial charge in [0, 0.05) is 0 Å². The molecule has 1 rings (SSSR count). The molecular weight excluding hydrogens is 172 g/mol. The van der Waals surface area contributed by atoms with Gasteiger partial charge in [0.2, 0.25) is 0 Å². The van der Waals surface area contributed by atoms with Crippen LogP contribution in [-0.4, -0.2) is 6.61 Å². The number of hydrogen-bond acceptors (Lipinski definition) is 1. The Morgan fingerprint density at radius 3 is 2.50 bits per heavy atom. The van der Waals surface area contributed by atoms with Crippen molar-refractivity contribution in [1.82, 2.24) is 0 Å². The Morgan fingerprint density at radius 1 is 1.21 bits per heavy atom. The molecule has 1 aromatic carbocycles. The summed E-state index contributed by atoms with van der Waals surface area (Å²) in [5.41, 5.74) is 1.37. The molecule has 0 fully saturated rings. The molecule has 1 heteroatoms. The number of benzene rings is 1. The topological polar surface area (TPSA) is 9.23 Å². The van der Waals surface area contributed by atoms with Crippen LogP contribution in [0.25, 0.3) is 0 Å². The molecule has 0 aliphatic rings. The summed E-state index contributed by atoms with van der Waals surface area (Å²) in [7, 11) is 0. The van der Waals surface area contributed by atoms with Crippen LogP contribution in [0.3, 0.4) is 0 Å². The SMILES string of the molecule is [CH2]CCCc1ccc(OCCC)cc1. The summed E-state index contributed by atoms with van der Waals surface area (Å²) in [4.78, 5) is 0. The number of aryl methyl sites for hydroxylation is 1. The maximum absolute atomic E-state index is 5.50. The summed E-state index contributed by atoms with van der Waals surface area (Å²) >= 11 is 0. The number of rotatable bonds is 6. The molecule has 1 nitrogen and oxygen atoms in total. The molecular formula is C13H19O. The summed E-state index contributed by atoms with van der Waals surface area (Å²) in [5, 5.41) is 0. The van der Waals surface area contributed by atoms with Crippen LogP contribution in [0.4, 0.5) is 0 Å². The Hall–Kier alpha value is -0.980. The number of hydrogen-bond donors (Lipinski definition) is 0. The van der Waals surface area contributed by atoms with Crippen LogP contribution in [0.2, 0.25) is 0 Å². The van der Waals surface area contributed by atoms with Crippen LogP contribution in [0.1, 0.15) is 31.7 Å². The van der Waals surface area contributed by atoms with E-state index in [9.17, 15) is 0 Å². The van der Waals surface area contributed by atoms with Crippen LogP contribution < -0.4 is 4.74 Å². The van der Waals surface area contributed by atoms with Gasteiger partial charge in [-0.1, -0.05) is 32.4 Å². The summed E-state index contributed by atoms with van der Waals surface area (Å²) in [5.74, 6) is 0.977. The van der Waals surface area contributed by atoms with Crippen LogP contribution in [0.15, 0.2) is 24.3 Å². The van der Waals surface area contributed by atoms with Crippen molar-refractivity contribution >= 4 is 0 Å². The first-order valence-electron chi connectivity index (χ1n) is 5.37. The lowest BCUT2D eigenvalue weighted by Gasteiger charge is -2.05. The molecule has 0 spiro atoms. The average Bonchev–Trinajstić information content (AvgIpc) is 2.25. The highest BCUT2D eigenvalue weighted by atomic mass is 16.5. The highest BCUT2D eigenvalue weighted by molar-refractivity contribution is 5.27. The van der Waals surface area contributed by atoms with E-state index in [4.69, 9.17) is 4.74 Å². The fraction of sp³-hybridized carbons (Fsp3) is 0.462. The Morgan fingerprint density at radius 2 is 1.93 bits per heavy atom. The quantitative estimate of drug-likeness (QED) is 0.667. The third-order valence-corrected chi connectivity index (χ3v) is 2.11. The van der Waals surface area contributed by atoms with Crippen molar-refractivity contribution in [2.45, 2.75) is 32.6 Å². The normalized spacial score (nSPS) is 10.1. The predicted molar refractivity (Wildman–Crippen MR) is 60.5 cm³/mol. The molecule has 0 aliphatic heterocycles. The van der Waals surface area contributed by atoms with Gasteiger partial charge in [-0.3, -0.25) is 0 Å². The van der Waals surface area contributed by atoms with Crippen molar-refractivity contribution in [3.8, 4) is 5.75 Å². The summed E-state index contributed by atoms with van der Waals surface area (Å²) in [6.07, 6.45) is 4.35. The summed E-state index contributed by atoms with van der Waals surface area (Å²) in [6, 6.07) is 8.38. The zero-order chi connectivity index (χ0) is 10.2. The molecule has 1 aromatic rings. The van der Waals surface area contributed by atoms with E-state index in [0.717, 1.165) is 38.0 Å². The fourth-order valence-electron chi connectivity index (χ4n) is 1.30. The first-order valence-corrected chi connectivity index (χ1v) is 5.37. The van der Waals surface area contributed by atoms with Gasteiger partial charge in [0.1, 0.15) is 5.75 Å². The highest BCUT2D eigenvalue weighted by Crippen LogP contribution is 2.13. The molecule has 0 unspecified atom stereocenters. The van der Waals surface area contributed by atoms with E-state index in [1.54, 1.807) is 0 Å². The van der Waals surface area contributed by atoms with Crippen molar-refractivity contribution in [2.24, 2.45) is 0 Å². The molecule has 0 heterocycles. The lowest BCUT2D eigenvalue weighted by Crippen LogP contribution is -1.94. The molecule has 1 radical (unpaired) electrons. The Bertz CT molecular complexity index is 211. The van der Waals surface area contributed by atoms with E-state index in [-0.39, 0.29) is 0 Å². The van der Waals surface area contributed by atoms with Gasteiger partial charge in [0.15, 0.2) is 0 Å². The van der Waals surface area contributed by atoms with Gasteiger partial charge in [0.25, 0.3) is 0 Å². The first kappa shape index (κ1) is 11.1. The fourth-order valence-corrected chi connectivity index (χ4v) is 1.30. The number of unbranched alkanes of at least 4 members (excludes halogenated alkanes) is 1. The third-order valence-electron chi connectivity index (χ3n) is 2.11. The van der Waals surface area contributed by atoms with Crippen LogP contribution in [-0.2, 0) is 6.42 Å². The predicted octanol–water partition coefficient (Wildman–Crippen LogP) is 3.63.